The van der Waals surface area contributed by atoms with Crippen LogP contribution in [0, 0.1) is 5.92 Å². The van der Waals surface area contributed by atoms with Crippen LogP contribution in [-0.4, -0.2) is 29.5 Å². The molecule has 0 saturated carbocycles. The van der Waals surface area contributed by atoms with Crippen LogP contribution in [0.5, 0.6) is 0 Å². The van der Waals surface area contributed by atoms with Gasteiger partial charge in [-0.05, 0) is 45.4 Å². The fraction of sp³-hybridized carbons (Fsp3) is 0.500. The zero-order valence-electron chi connectivity index (χ0n) is 13.0. The van der Waals surface area contributed by atoms with Crippen molar-refractivity contribution < 1.29 is 4.79 Å². The molecule has 4 nitrogen and oxygen atoms in total. The minimum atomic E-state index is -0.183. The van der Waals surface area contributed by atoms with Gasteiger partial charge in [-0.25, -0.2) is 4.98 Å². The predicted octanol–water partition coefficient (Wildman–Crippen LogP) is 3.69. The van der Waals surface area contributed by atoms with Crippen LogP contribution in [0.2, 0.25) is 5.02 Å². The number of carbonyl (C=O) groups excluding carboxylic acids is 1. The van der Waals surface area contributed by atoms with Crippen molar-refractivity contribution in [2.45, 2.75) is 32.7 Å². The van der Waals surface area contributed by atoms with Gasteiger partial charge in [-0.3, -0.25) is 4.79 Å². The molecule has 1 atom stereocenters. The molecule has 1 aromatic carbocycles. The highest BCUT2D eigenvalue weighted by Gasteiger charge is 2.31. The van der Waals surface area contributed by atoms with Gasteiger partial charge < -0.3 is 10.2 Å². The van der Waals surface area contributed by atoms with Crippen molar-refractivity contribution in [3.63, 3.8) is 0 Å². The third-order valence-electron chi connectivity index (χ3n) is 3.67. The molecule has 22 heavy (non-hydrogen) atoms. The average Bonchev–Trinajstić information content (AvgIpc) is 3.02. The molecule has 2 aromatic rings. The molecule has 2 heterocycles. The van der Waals surface area contributed by atoms with Crippen molar-refractivity contribution in [3.8, 4) is 0 Å². The molecule has 0 radical (unpaired) electrons. The summed E-state index contributed by atoms with van der Waals surface area (Å²) in [6, 6.07) is 5.74. The Labute approximate surface area is 139 Å². The molecule has 1 saturated heterocycles. The third kappa shape index (κ3) is 3.36. The van der Waals surface area contributed by atoms with E-state index in [9.17, 15) is 4.79 Å². The number of benzene rings is 1. The van der Waals surface area contributed by atoms with E-state index in [0.717, 1.165) is 39.9 Å². The van der Waals surface area contributed by atoms with Gasteiger partial charge >= 0.3 is 0 Å². The number of aromatic nitrogens is 1. The first kappa shape index (κ1) is 15.6. The minimum Gasteiger partial charge on any atom is -0.351 e. The Balaban J connectivity index is 1.72. The summed E-state index contributed by atoms with van der Waals surface area (Å²) in [4.78, 5) is 19.1. The highest BCUT2D eigenvalue weighted by Crippen LogP contribution is 2.33. The SMILES string of the molecule is CC(C)(C)NC(=O)C1CCN(c2nc3ccc(Cl)cc3s2)C1. The Hall–Kier alpha value is -1.33. The van der Waals surface area contributed by atoms with Crippen molar-refractivity contribution in [3.05, 3.63) is 23.2 Å². The second-order valence-corrected chi connectivity index (χ2v) is 8.22. The zero-order valence-corrected chi connectivity index (χ0v) is 14.6. The quantitative estimate of drug-likeness (QED) is 0.909. The number of anilines is 1. The van der Waals surface area contributed by atoms with Crippen molar-refractivity contribution in [1.29, 1.82) is 0 Å². The van der Waals surface area contributed by atoms with Crippen LogP contribution in [0.25, 0.3) is 10.2 Å². The topological polar surface area (TPSA) is 45.2 Å². The minimum absolute atomic E-state index is 0.0369. The normalized spacial score (nSPS) is 18.9. The maximum Gasteiger partial charge on any atom is 0.225 e. The van der Waals surface area contributed by atoms with Crippen LogP contribution in [0.15, 0.2) is 18.2 Å². The first-order chi connectivity index (χ1) is 10.3. The van der Waals surface area contributed by atoms with Gasteiger partial charge in [0, 0.05) is 23.7 Å². The lowest BCUT2D eigenvalue weighted by Crippen LogP contribution is -2.44. The number of amides is 1. The molecule has 1 unspecified atom stereocenters. The number of nitrogens with one attached hydrogen (secondary N) is 1. The van der Waals surface area contributed by atoms with Crippen LogP contribution in [0.3, 0.4) is 0 Å². The van der Waals surface area contributed by atoms with Crippen molar-refractivity contribution in [2.24, 2.45) is 5.92 Å². The molecule has 1 fully saturated rings. The van der Waals surface area contributed by atoms with Gasteiger partial charge in [0.05, 0.1) is 16.1 Å². The summed E-state index contributed by atoms with van der Waals surface area (Å²) in [5, 5.41) is 4.77. The largest absolute Gasteiger partial charge is 0.351 e. The van der Waals surface area contributed by atoms with E-state index in [4.69, 9.17) is 11.6 Å². The van der Waals surface area contributed by atoms with Gasteiger partial charge in [0.2, 0.25) is 5.91 Å². The highest BCUT2D eigenvalue weighted by molar-refractivity contribution is 7.22. The van der Waals surface area contributed by atoms with E-state index in [0.29, 0.717) is 0 Å². The Morgan fingerprint density at radius 2 is 2.23 bits per heavy atom. The number of thiazole rings is 1. The Morgan fingerprint density at radius 3 is 2.95 bits per heavy atom. The number of carbonyl (C=O) groups is 1. The predicted molar refractivity (Wildman–Crippen MR) is 92.8 cm³/mol. The molecule has 118 valence electrons. The van der Waals surface area contributed by atoms with E-state index in [-0.39, 0.29) is 17.4 Å². The highest BCUT2D eigenvalue weighted by atomic mass is 35.5. The summed E-state index contributed by atoms with van der Waals surface area (Å²) in [5.41, 5.74) is 0.781. The summed E-state index contributed by atoms with van der Waals surface area (Å²) >= 11 is 7.66. The number of fused-ring (bicyclic) bond motifs is 1. The van der Waals surface area contributed by atoms with E-state index in [2.05, 4.69) is 15.2 Å². The molecule has 3 rings (SSSR count). The Morgan fingerprint density at radius 1 is 1.45 bits per heavy atom. The molecule has 0 spiro atoms. The van der Waals surface area contributed by atoms with Crippen LogP contribution in [0.1, 0.15) is 27.2 Å². The van der Waals surface area contributed by atoms with Gasteiger partial charge in [0.25, 0.3) is 0 Å². The molecule has 0 aliphatic carbocycles. The monoisotopic (exact) mass is 337 g/mol. The van der Waals surface area contributed by atoms with Crippen molar-refractivity contribution >= 4 is 44.2 Å². The fourth-order valence-electron chi connectivity index (χ4n) is 2.64. The first-order valence-electron chi connectivity index (χ1n) is 7.45. The van der Waals surface area contributed by atoms with Gasteiger partial charge in [-0.2, -0.15) is 0 Å². The van der Waals surface area contributed by atoms with E-state index in [1.165, 1.54) is 0 Å². The van der Waals surface area contributed by atoms with Crippen LogP contribution < -0.4 is 10.2 Å². The van der Waals surface area contributed by atoms with Gasteiger partial charge in [-0.15, -0.1) is 0 Å². The van der Waals surface area contributed by atoms with Gasteiger partial charge in [0.1, 0.15) is 0 Å². The van der Waals surface area contributed by atoms with E-state index in [1.54, 1.807) is 11.3 Å². The van der Waals surface area contributed by atoms with E-state index >= 15 is 0 Å². The number of hydrogen-bond acceptors (Lipinski definition) is 4. The molecule has 6 heteroatoms. The Kier molecular flexibility index (Phi) is 4.03. The van der Waals surface area contributed by atoms with Gasteiger partial charge in [-0.1, -0.05) is 22.9 Å². The number of hydrogen-bond donors (Lipinski definition) is 1. The molecule has 1 aromatic heterocycles. The molecule has 1 N–H and O–H groups in total. The summed E-state index contributed by atoms with van der Waals surface area (Å²) in [6.07, 6.45) is 0.874. The first-order valence-corrected chi connectivity index (χ1v) is 8.64. The fourth-order valence-corrected chi connectivity index (χ4v) is 3.92. The number of nitrogens with zero attached hydrogens (tertiary/aromatic N) is 2. The maximum atomic E-state index is 12.3. The summed E-state index contributed by atoms with van der Waals surface area (Å²) in [5.74, 6) is 0.175. The average molecular weight is 338 g/mol. The lowest BCUT2D eigenvalue weighted by Gasteiger charge is -2.23. The number of rotatable bonds is 2. The Bertz CT molecular complexity index is 707. The zero-order chi connectivity index (χ0) is 15.9. The summed E-state index contributed by atoms with van der Waals surface area (Å²) < 4.78 is 1.09. The van der Waals surface area contributed by atoms with E-state index < -0.39 is 0 Å². The second-order valence-electron chi connectivity index (χ2n) is 6.78. The molecule has 1 amide bonds. The lowest BCUT2D eigenvalue weighted by molar-refractivity contribution is -0.125. The van der Waals surface area contributed by atoms with Crippen LogP contribution >= 0.6 is 22.9 Å². The van der Waals surface area contributed by atoms with Crippen molar-refractivity contribution in [2.75, 3.05) is 18.0 Å². The summed E-state index contributed by atoms with van der Waals surface area (Å²) in [6.45, 7) is 7.63. The van der Waals surface area contributed by atoms with Crippen molar-refractivity contribution in [1.82, 2.24) is 10.3 Å². The lowest BCUT2D eigenvalue weighted by atomic mass is 10.0. The summed E-state index contributed by atoms with van der Waals surface area (Å²) in [7, 11) is 0. The smallest absolute Gasteiger partial charge is 0.225 e. The maximum absolute atomic E-state index is 12.3. The molecule has 1 aliphatic heterocycles. The molecule has 1 aliphatic rings. The molecule has 0 bridgehead atoms. The second kappa shape index (κ2) is 5.70. The molecular formula is C16H20ClN3OS. The molecular weight excluding hydrogens is 318 g/mol. The van der Waals surface area contributed by atoms with Crippen LogP contribution in [-0.2, 0) is 4.79 Å². The van der Waals surface area contributed by atoms with Gasteiger partial charge in [0.15, 0.2) is 5.13 Å². The third-order valence-corrected chi connectivity index (χ3v) is 4.98. The van der Waals surface area contributed by atoms with E-state index in [1.807, 2.05) is 39.0 Å². The van der Waals surface area contributed by atoms with Crippen LogP contribution in [0.4, 0.5) is 5.13 Å². The number of halogens is 1. The standard InChI is InChI=1S/C16H20ClN3OS/c1-16(2,3)19-14(21)10-6-7-20(9-10)15-18-12-5-4-11(17)8-13(12)22-15/h4-5,8,10H,6-7,9H2,1-3H3,(H,19,21).